The molecule has 3 N–H and O–H groups in total. The van der Waals surface area contributed by atoms with E-state index in [1.165, 1.54) is 12.1 Å². The fourth-order valence-corrected chi connectivity index (χ4v) is 2.76. The molecule has 0 radical (unpaired) electrons. The molecule has 0 aliphatic carbocycles. The minimum atomic E-state index is -0.626. The lowest BCUT2D eigenvalue weighted by atomic mass is 9.86. The summed E-state index contributed by atoms with van der Waals surface area (Å²) in [5, 5.41) is 28.8. The number of carbonyl (C=O) groups is 1. The number of carbonyl (C=O) groups excluding carboxylic acids is 1. The Morgan fingerprint density at radius 3 is 2.36 bits per heavy atom. The first-order valence-corrected chi connectivity index (χ1v) is 7.02. The Morgan fingerprint density at radius 1 is 1.09 bits per heavy atom. The number of rotatable bonds is 1. The molecule has 0 spiro atoms. The number of phenols is 3. The average molecular weight is 321 g/mol. The summed E-state index contributed by atoms with van der Waals surface area (Å²) in [6.45, 7) is 1.68. The van der Waals surface area contributed by atoms with E-state index in [1.54, 1.807) is 19.1 Å². The van der Waals surface area contributed by atoms with Crippen LogP contribution >= 0.6 is 11.6 Å². The Morgan fingerprint density at radius 2 is 1.73 bits per heavy atom. The Labute approximate surface area is 131 Å². The Balaban J connectivity index is 2.12. The topological polar surface area (TPSA) is 87.0 Å². The van der Waals surface area contributed by atoms with E-state index < -0.39 is 12.0 Å². The van der Waals surface area contributed by atoms with Crippen molar-refractivity contribution in [1.82, 2.24) is 0 Å². The monoisotopic (exact) mass is 320 g/mol. The molecule has 0 saturated carbocycles. The number of ether oxygens (including phenoxy) is 1. The molecule has 6 heteroatoms. The van der Waals surface area contributed by atoms with Crippen molar-refractivity contribution in [1.29, 1.82) is 0 Å². The van der Waals surface area contributed by atoms with Crippen LogP contribution in [0, 0.1) is 5.92 Å². The van der Waals surface area contributed by atoms with Gasteiger partial charge in [0.25, 0.3) is 0 Å². The van der Waals surface area contributed by atoms with Crippen LogP contribution < -0.4 is 4.74 Å². The van der Waals surface area contributed by atoms with E-state index >= 15 is 0 Å². The number of phenolic OH excluding ortho intramolecular Hbond substituents is 3. The van der Waals surface area contributed by atoms with Gasteiger partial charge in [-0.3, -0.25) is 4.79 Å². The van der Waals surface area contributed by atoms with E-state index in [0.717, 1.165) is 6.07 Å². The van der Waals surface area contributed by atoms with Gasteiger partial charge in [-0.15, -0.1) is 0 Å². The van der Waals surface area contributed by atoms with E-state index in [2.05, 4.69) is 0 Å². The minimum absolute atomic E-state index is 0.0228. The van der Waals surface area contributed by atoms with Crippen LogP contribution in [0.2, 0.25) is 5.02 Å². The van der Waals surface area contributed by atoms with Gasteiger partial charge in [0.15, 0.2) is 11.5 Å². The second-order valence-corrected chi connectivity index (χ2v) is 5.59. The van der Waals surface area contributed by atoms with Crippen LogP contribution in [0.25, 0.3) is 0 Å². The molecule has 0 amide bonds. The number of fused-ring (bicyclic) bond motifs is 1. The lowest BCUT2D eigenvalue weighted by Gasteiger charge is -2.31. The summed E-state index contributed by atoms with van der Waals surface area (Å²) in [7, 11) is 0. The van der Waals surface area contributed by atoms with Crippen LogP contribution in [0.3, 0.4) is 0 Å². The summed E-state index contributed by atoms with van der Waals surface area (Å²) in [6, 6.07) is 7.30. The van der Waals surface area contributed by atoms with Gasteiger partial charge in [0.05, 0.1) is 5.92 Å². The van der Waals surface area contributed by atoms with Gasteiger partial charge >= 0.3 is 0 Å². The van der Waals surface area contributed by atoms with Crippen molar-refractivity contribution in [2.45, 2.75) is 13.0 Å². The molecule has 1 aliphatic heterocycles. The quantitative estimate of drug-likeness (QED) is 0.749. The SMILES string of the molecule is C[C@@H]1C(=O)c2c(O)cc(O)c(Cl)c2O[C@H]1c1ccc(O)cc1. The van der Waals surface area contributed by atoms with E-state index in [0.29, 0.717) is 5.56 Å². The van der Waals surface area contributed by atoms with Gasteiger partial charge in [-0.25, -0.2) is 0 Å². The number of Topliss-reactive ketones (excluding diaryl/α,β-unsaturated/α-hetero) is 1. The molecule has 0 aromatic heterocycles. The molecule has 1 heterocycles. The molecule has 114 valence electrons. The maximum Gasteiger partial charge on any atom is 0.177 e. The fraction of sp³-hybridized carbons (Fsp3) is 0.188. The minimum Gasteiger partial charge on any atom is -0.508 e. The summed E-state index contributed by atoms with van der Waals surface area (Å²) in [6.07, 6.45) is -0.626. The zero-order chi connectivity index (χ0) is 16.0. The highest BCUT2D eigenvalue weighted by atomic mass is 35.5. The van der Waals surface area contributed by atoms with Gasteiger partial charge in [-0.1, -0.05) is 30.7 Å². The maximum absolute atomic E-state index is 12.5. The standard InChI is InChI=1S/C16H13ClO5/c1-7-14(21)12-10(19)6-11(20)13(17)16(12)22-15(7)8-2-4-9(18)5-3-8/h2-7,15,18-20H,1H3/t7-,15-/m1/s1. The van der Waals surface area contributed by atoms with Crippen molar-refractivity contribution in [3.8, 4) is 23.0 Å². The molecule has 22 heavy (non-hydrogen) atoms. The van der Waals surface area contributed by atoms with Gasteiger partial charge in [0.1, 0.15) is 33.9 Å². The van der Waals surface area contributed by atoms with Crippen molar-refractivity contribution in [2.24, 2.45) is 5.92 Å². The number of aromatic hydroxyl groups is 3. The zero-order valence-corrected chi connectivity index (χ0v) is 12.3. The van der Waals surface area contributed by atoms with Gasteiger partial charge in [-0.05, 0) is 17.7 Å². The molecular weight excluding hydrogens is 308 g/mol. The smallest absolute Gasteiger partial charge is 0.177 e. The molecule has 2 aromatic carbocycles. The molecule has 5 nitrogen and oxygen atoms in total. The molecular formula is C16H13ClO5. The summed E-state index contributed by atoms with van der Waals surface area (Å²) in [5.74, 6) is -1.52. The Bertz CT molecular complexity index is 754. The summed E-state index contributed by atoms with van der Waals surface area (Å²) in [5.41, 5.74) is 0.661. The molecule has 3 rings (SSSR count). The van der Waals surface area contributed by atoms with Crippen LogP contribution in [0.5, 0.6) is 23.0 Å². The summed E-state index contributed by atoms with van der Waals surface area (Å²) in [4.78, 5) is 12.5. The van der Waals surface area contributed by atoms with Crippen LogP contribution in [-0.4, -0.2) is 21.1 Å². The van der Waals surface area contributed by atoms with E-state index in [1.807, 2.05) is 0 Å². The lowest BCUT2D eigenvalue weighted by Crippen LogP contribution is -2.29. The molecule has 2 atom stereocenters. The molecule has 2 aromatic rings. The molecule has 0 saturated heterocycles. The number of benzene rings is 2. The number of hydrogen-bond acceptors (Lipinski definition) is 5. The van der Waals surface area contributed by atoms with Crippen LogP contribution in [0.1, 0.15) is 28.9 Å². The fourth-order valence-electron chi connectivity index (χ4n) is 2.57. The van der Waals surface area contributed by atoms with Gasteiger partial charge in [-0.2, -0.15) is 0 Å². The van der Waals surface area contributed by atoms with Crippen molar-refractivity contribution < 1.29 is 24.9 Å². The maximum atomic E-state index is 12.5. The highest BCUT2D eigenvalue weighted by Crippen LogP contribution is 2.49. The average Bonchev–Trinajstić information content (AvgIpc) is 2.48. The Kier molecular flexibility index (Phi) is 3.37. The molecule has 1 aliphatic rings. The zero-order valence-electron chi connectivity index (χ0n) is 11.6. The van der Waals surface area contributed by atoms with Crippen molar-refractivity contribution in [3.63, 3.8) is 0 Å². The second-order valence-electron chi connectivity index (χ2n) is 5.22. The van der Waals surface area contributed by atoms with Crippen molar-refractivity contribution in [2.75, 3.05) is 0 Å². The van der Waals surface area contributed by atoms with E-state index in [-0.39, 0.29) is 39.4 Å². The number of hydrogen-bond donors (Lipinski definition) is 3. The van der Waals surface area contributed by atoms with Crippen LogP contribution in [-0.2, 0) is 0 Å². The molecule has 0 bridgehead atoms. The first-order valence-electron chi connectivity index (χ1n) is 6.64. The van der Waals surface area contributed by atoms with Gasteiger partial charge in [0, 0.05) is 6.07 Å². The van der Waals surface area contributed by atoms with Crippen LogP contribution in [0.4, 0.5) is 0 Å². The highest BCUT2D eigenvalue weighted by Gasteiger charge is 2.39. The third kappa shape index (κ3) is 2.14. The van der Waals surface area contributed by atoms with Crippen molar-refractivity contribution in [3.05, 3.63) is 46.5 Å². The van der Waals surface area contributed by atoms with Gasteiger partial charge < -0.3 is 20.1 Å². The lowest BCUT2D eigenvalue weighted by molar-refractivity contribution is 0.0684. The molecule has 0 unspecified atom stereocenters. The summed E-state index contributed by atoms with van der Waals surface area (Å²) < 4.78 is 5.78. The third-order valence-corrected chi connectivity index (χ3v) is 4.13. The normalized spacial score (nSPS) is 20.4. The van der Waals surface area contributed by atoms with Crippen LogP contribution in [0.15, 0.2) is 30.3 Å². The molecule has 0 fully saturated rings. The predicted molar refractivity (Wildman–Crippen MR) is 79.8 cm³/mol. The predicted octanol–water partition coefficient (Wildman–Crippen LogP) is 3.41. The number of halogens is 1. The van der Waals surface area contributed by atoms with E-state index in [9.17, 15) is 20.1 Å². The Hall–Kier alpha value is -2.40. The first-order chi connectivity index (χ1) is 10.4. The largest absolute Gasteiger partial charge is 0.508 e. The highest BCUT2D eigenvalue weighted by molar-refractivity contribution is 6.34. The third-order valence-electron chi connectivity index (χ3n) is 3.76. The first kappa shape index (κ1) is 14.5. The van der Waals surface area contributed by atoms with E-state index in [4.69, 9.17) is 16.3 Å². The second kappa shape index (κ2) is 5.10. The van der Waals surface area contributed by atoms with Crippen molar-refractivity contribution >= 4 is 17.4 Å². The summed E-state index contributed by atoms with van der Waals surface area (Å²) >= 11 is 6.00. The van der Waals surface area contributed by atoms with Gasteiger partial charge in [0.2, 0.25) is 0 Å². The number of ketones is 1.